The molecule has 1 aliphatic carbocycles. The van der Waals surface area contributed by atoms with Crippen molar-refractivity contribution in [2.45, 2.75) is 31.1 Å². The van der Waals surface area contributed by atoms with Gasteiger partial charge in [-0.25, -0.2) is 13.6 Å². The van der Waals surface area contributed by atoms with E-state index < -0.39 is 10.0 Å². The van der Waals surface area contributed by atoms with Crippen molar-refractivity contribution >= 4 is 32.8 Å². The summed E-state index contributed by atoms with van der Waals surface area (Å²) < 4.78 is 22.8. The number of benzene rings is 2. The fraction of sp³-hybridized carbons (Fsp3) is 0.222. The summed E-state index contributed by atoms with van der Waals surface area (Å²) in [5.74, 6) is 0. The standard InChI is InChI=1S/C18H18ClNO2S/c1-12-11-14(19)7-10-16(12)18-4-2-3-17(18)13-5-8-15(9-6-13)23(20,21)22/h5-11H,2-4H2,1H3,(H2,20,21,22). The second kappa shape index (κ2) is 6.11. The van der Waals surface area contributed by atoms with Gasteiger partial charge < -0.3 is 0 Å². The molecule has 0 radical (unpaired) electrons. The largest absolute Gasteiger partial charge is 0.238 e. The predicted molar refractivity (Wildman–Crippen MR) is 94.7 cm³/mol. The molecule has 0 saturated heterocycles. The van der Waals surface area contributed by atoms with Gasteiger partial charge in [0.1, 0.15) is 0 Å². The van der Waals surface area contributed by atoms with Crippen molar-refractivity contribution in [3.05, 3.63) is 64.2 Å². The summed E-state index contributed by atoms with van der Waals surface area (Å²) >= 11 is 6.05. The van der Waals surface area contributed by atoms with Crippen LogP contribution >= 0.6 is 11.6 Å². The van der Waals surface area contributed by atoms with Gasteiger partial charge in [-0.2, -0.15) is 0 Å². The van der Waals surface area contributed by atoms with E-state index in [9.17, 15) is 8.42 Å². The molecule has 120 valence electrons. The zero-order chi connectivity index (χ0) is 16.6. The number of halogens is 1. The maximum Gasteiger partial charge on any atom is 0.238 e. The number of sulfonamides is 1. The highest BCUT2D eigenvalue weighted by Crippen LogP contribution is 2.41. The Labute approximate surface area is 141 Å². The smallest absolute Gasteiger partial charge is 0.225 e. The van der Waals surface area contributed by atoms with E-state index in [1.165, 1.54) is 16.7 Å². The van der Waals surface area contributed by atoms with Crippen LogP contribution in [-0.4, -0.2) is 8.42 Å². The van der Waals surface area contributed by atoms with Gasteiger partial charge in [-0.1, -0.05) is 29.8 Å². The van der Waals surface area contributed by atoms with E-state index in [-0.39, 0.29) is 4.90 Å². The van der Waals surface area contributed by atoms with Crippen molar-refractivity contribution in [3.63, 3.8) is 0 Å². The molecule has 2 aromatic carbocycles. The topological polar surface area (TPSA) is 60.2 Å². The Balaban J connectivity index is 2.06. The third-order valence-electron chi connectivity index (χ3n) is 4.26. The molecule has 2 aromatic rings. The van der Waals surface area contributed by atoms with Crippen LogP contribution in [0, 0.1) is 6.92 Å². The van der Waals surface area contributed by atoms with Gasteiger partial charge in [-0.3, -0.25) is 0 Å². The van der Waals surface area contributed by atoms with Crippen LogP contribution in [0.3, 0.4) is 0 Å². The average molecular weight is 348 g/mol. The Bertz CT molecular complexity index is 884. The van der Waals surface area contributed by atoms with Gasteiger partial charge in [-0.15, -0.1) is 0 Å². The monoisotopic (exact) mass is 347 g/mol. The van der Waals surface area contributed by atoms with E-state index in [0.717, 1.165) is 35.4 Å². The van der Waals surface area contributed by atoms with E-state index in [1.807, 2.05) is 24.3 Å². The highest BCUT2D eigenvalue weighted by atomic mass is 35.5. The Morgan fingerprint density at radius 3 is 2.26 bits per heavy atom. The molecule has 3 nitrogen and oxygen atoms in total. The Morgan fingerprint density at radius 2 is 1.65 bits per heavy atom. The van der Waals surface area contributed by atoms with E-state index in [0.29, 0.717) is 0 Å². The first-order chi connectivity index (χ1) is 10.9. The molecule has 0 saturated carbocycles. The van der Waals surface area contributed by atoms with Crippen LogP contribution in [0.4, 0.5) is 0 Å². The van der Waals surface area contributed by atoms with Crippen LogP contribution in [0.5, 0.6) is 0 Å². The summed E-state index contributed by atoms with van der Waals surface area (Å²) in [5, 5.41) is 5.90. The summed E-state index contributed by atoms with van der Waals surface area (Å²) in [7, 11) is -3.65. The molecule has 3 rings (SSSR count). The normalized spacial score (nSPS) is 15.3. The molecule has 0 unspecified atom stereocenters. The van der Waals surface area contributed by atoms with Crippen LogP contribution < -0.4 is 5.14 Å². The summed E-state index contributed by atoms with van der Waals surface area (Å²) in [6.07, 6.45) is 3.12. The van der Waals surface area contributed by atoms with Gasteiger partial charge in [0.2, 0.25) is 10.0 Å². The first kappa shape index (κ1) is 16.2. The van der Waals surface area contributed by atoms with Crippen LogP contribution in [0.1, 0.15) is 36.0 Å². The summed E-state index contributed by atoms with van der Waals surface area (Å²) in [5.41, 5.74) is 6.03. The number of hydrogen-bond donors (Lipinski definition) is 1. The molecule has 0 bridgehead atoms. The molecular weight excluding hydrogens is 330 g/mol. The zero-order valence-corrected chi connectivity index (χ0v) is 14.4. The molecule has 0 fully saturated rings. The third-order valence-corrected chi connectivity index (χ3v) is 5.43. The lowest BCUT2D eigenvalue weighted by molar-refractivity contribution is 0.598. The van der Waals surface area contributed by atoms with E-state index >= 15 is 0 Å². The first-order valence-corrected chi connectivity index (χ1v) is 9.40. The highest BCUT2D eigenvalue weighted by molar-refractivity contribution is 7.89. The number of primary sulfonamides is 1. The van der Waals surface area contributed by atoms with Gasteiger partial charge in [-0.05, 0) is 78.3 Å². The van der Waals surface area contributed by atoms with Crippen molar-refractivity contribution in [1.29, 1.82) is 0 Å². The van der Waals surface area contributed by atoms with Gasteiger partial charge in [0, 0.05) is 5.02 Å². The van der Waals surface area contributed by atoms with Crippen LogP contribution in [-0.2, 0) is 10.0 Å². The van der Waals surface area contributed by atoms with Crippen LogP contribution in [0.15, 0.2) is 47.4 Å². The van der Waals surface area contributed by atoms with Crippen molar-refractivity contribution in [1.82, 2.24) is 0 Å². The minimum atomic E-state index is -3.65. The number of allylic oxidation sites excluding steroid dienone is 2. The third kappa shape index (κ3) is 3.34. The first-order valence-electron chi connectivity index (χ1n) is 7.48. The van der Waals surface area contributed by atoms with Crippen LogP contribution in [0.2, 0.25) is 5.02 Å². The SMILES string of the molecule is Cc1cc(Cl)ccc1C1=C(c2ccc(S(N)(=O)=O)cc2)CCC1. The van der Waals surface area contributed by atoms with Crippen molar-refractivity contribution < 1.29 is 8.42 Å². The predicted octanol–water partition coefficient (Wildman–Crippen LogP) is 4.39. The molecule has 1 aliphatic rings. The van der Waals surface area contributed by atoms with Gasteiger partial charge in [0.25, 0.3) is 0 Å². The fourth-order valence-corrected chi connectivity index (χ4v) is 3.91. The summed E-state index contributed by atoms with van der Waals surface area (Å²) in [6, 6.07) is 12.8. The van der Waals surface area contributed by atoms with Gasteiger partial charge in [0.05, 0.1) is 4.90 Å². The number of rotatable bonds is 3. The fourth-order valence-electron chi connectivity index (χ4n) is 3.17. The zero-order valence-electron chi connectivity index (χ0n) is 12.8. The quantitative estimate of drug-likeness (QED) is 0.895. The lowest BCUT2D eigenvalue weighted by Crippen LogP contribution is -2.11. The minimum absolute atomic E-state index is 0.143. The van der Waals surface area contributed by atoms with E-state index in [2.05, 4.69) is 13.0 Å². The van der Waals surface area contributed by atoms with Crippen molar-refractivity contribution in [2.75, 3.05) is 0 Å². The van der Waals surface area contributed by atoms with Gasteiger partial charge >= 0.3 is 0 Å². The summed E-state index contributed by atoms with van der Waals surface area (Å²) in [4.78, 5) is 0.143. The molecule has 0 aromatic heterocycles. The van der Waals surface area contributed by atoms with Gasteiger partial charge in [0.15, 0.2) is 0 Å². The minimum Gasteiger partial charge on any atom is -0.225 e. The Morgan fingerprint density at radius 1 is 1.00 bits per heavy atom. The van der Waals surface area contributed by atoms with Crippen molar-refractivity contribution in [3.8, 4) is 0 Å². The molecule has 2 N–H and O–H groups in total. The molecule has 0 heterocycles. The maximum absolute atomic E-state index is 11.4. The van der Waals surface area contributed by atoms with E-state index in [4.69, 9.17) is 16.7 Å². The molecular formula is C18H18ClNO2S. The number of nitrogens with two attached hydrogens (primary N) is 1. The lowest BCUT2D eigenvalue weighted by Gasteiger charge is -2.12. The Hall–Kier alpha value is -1.62. The average Bonchev–Trinajstić information content (AvgIpc) is 2.95. The maximum atomic E-state index is 11.4. The summed E-state index contributed by atoms with van der Waals surface area (Å²) in [6.45, 7) is 2.06. The van der Waals surface area contributed by atoms with Crippen molar-refractivity contribution in [2.24, 2.45) is 5.14 Å². The second-order valence-corrected chi connectivity index (χ2v) is 7.84. The Kier molecular flexibility index (Phi) is 4.32. The lowest BCUT2D eigenvalue weighted by atomic mass is 9.94. The molecule has 0 amide bonds. The second-order valence-electron chi connectivity index (χ2n) is 5.84. The molecule has 0 spiro atoms. The highest BCUT2D eigenvalue weighted by Gasteiger charge is 2.19. The van der Waals surface area contributed by atoms with E-state index in [1.54, 1.807) is 12.1 Å². The molecule has 23 heavy (non-hydrogen) atoms. The molecule has 0 atom stereocenters. The number of hydrogen-bond acceptors (Lipinski definition) is 2. The number of aryl methyl sites for hydroxylation is 1. The van der Waals surface area contributed by atoms with Crippen LogP contribution in [0.25, 0.3) is 11.1 Å². The molecule has 5 heteroatoms. The molecule has 0 aliphatic heterocycles.